The standard InChI is InChI=1S/C5H13NO/c1-3-5(6)4(2)7/h4-5,7H,3,6H2,1-2H3/i/hD. The molecule has 0 aromatic carbocycles. The maximum Gasteiger partial charge on any atom is 0.119 e. The number of rotatable bonds is 3. The number of hydrogen-bond acceptors (Lipinski definition) is 2. The predicted molar refractivity (Wildman–Crippen MR) is 29.9 cm³/mol. The van der Waals surface area contributed by atoms with Crippen LogP contribution in [-0.4, -0.2) is 17.3 Å². The summed E-state index contributed by atoms with van der Waals surface area (Å²) >= 11 is 0. The summed E-state index contributed by atoms with van der Waals surface area (Å²) in [5, 5.41) is 8.83. The minimum atomic E-state index is -0.419. The first-order chi connectivity index (χ1) is 3.72. The summed E-state index contributed by atoms with van der Waals surface area (Å²) in [6.45, 7) is 3.61. The van der Waals surface area contributed by atoms with E-state index in [1.165, 1.54) is 0 Å². The molecule has 0 spiro atoms. The van der Waals surface area contributed by atoms with Gasteiger partial charge in [0.1, 0.15) is 1.41 Å². The van der Waals surface area contributed by atoms with Crippen molar-refractivity contribution >= 4 is 0 Å². The molecule has 2 heteroatoms. The average Bonchev–Trinajstić information content (AvgIpc) is 1.69. The smallest absolute Gasteiger partial charge is 0.119 e. The van der Waals surface area contributed by atoms with Crippen molar-refractivity contribution < 1.29 is 6.52 Å². The van der Waals surface area contributed by atoms with Gasteiger partial charge in [0.25, 0.3) is 0 Å². The summed E-state index contributed by atoms with van der Waals surface area (Å²) < 4.78 is 6.68. The number of aliphatic hydroxyl groups is 1. The lowest BCUT2D eigenvalue weighted by Gasteiger charge is -2.09. The van der Waals surface area contributed by atoms with Crippen LogP contribution in [0.3, 0.4) is 0 Å². The molecule has 0 aromatic rings. The molecule has 0 saturated heterocycles. The fourth-order valence-electron chi connectivity index (χ4n) is 0.341. The molecule has 0 aromatic heterocycles. The van der Waals surface area contributed by atoms with Crippen molar-refractivity contribution in [1.82, 2.24) is 0 Å². The number of nitrogens with two attached hydrogens (primary N) is 1. The molecule has 0 rings (SSSR count). The van der Waals surface area contributed by atoms with E-state index < -0.39 is 6.10 Å². The summed E-state index contributed by atoms with van der Waals surface area (Å²) in [6.07, 6.45) is 0.374. The van der Waals surface area contributed by atoms with Crippen LogP contribution in [0.15, 0.2) is 0 Å². The van der Waals surface area contributed by atoms with Gasteiger partial charge in [-0.15, -0.1) is 0 Å². The molecule has 0 saturated carbocycles. The molecule has 0 aliphatic carbocycles. The van der Waals surface area contributed by atoms with Crippen molar-refractivity contribution in [2.75, 3.05) is 0 Å². The second-order valence-electron chi connectivity index (χ2n) is 1.76. The number of aliphatic hydroxyl groups excluding tert-OH is 1. The Bertz CT molecular complexity index is 54.4. The molecular formula is C5H13NO. The zero-order valence-electron chi connectivity index (χ0n) is 5.81. The Hall–Kier alpha value is -0.0800. The Morgan fingerprint density at radius 3 is 2.57 bits per heavy atom. The minimum absolute atomic E-state index is 0.0741. The van der Waals surface area contributed by atoms with Crippen LogP contribution in [0.2, 0.25) is 1.41 Å². The summed E-state index contributed by atoms with van der Waals surface area (Å²) in [6, 6.07) is -0.0741. The lowest BCUT2D eigenvalue weighted by atomic mass is 10.1. The van der Waals surface area contributed by atoms with Gasteiger partial charge in [-0.05, 0) is 13.3 Å². The molecule has 0 aliphatic rings. The van der Waals surface area contributed by atoms with Gasteiger partial charge in [-0.1, -0.05) is 6.92 Å². The SMILES string of the molecule is [2H]NC(CC)C(C)O. The fraction of sp³-hybridized carbons (Fsp3) is 1.00. The largest absolute Gasteiger partial charge is 0.392 e. The van der Waals surface area contributed by atoms with Gasteiger partial charge in [-0.2, -0.15) is 0 Å². The Labute approximate surface area is 45.8 Å². The van der Waals surface area contributed by atoms with Gasteiger partial charge in [0.2, 0.25) is 0 Å². The first-order valence-corrected chi connectivity index (χ1v) is 2.57. The normalized spacial score (nSPS) is 20.7. The van der Waals surface area contributed by atoms with E-state index in [0.29, 0.717) is 0 Å². The number of hydrogen-bond donors (Lipinski definition) is 2. The lowest BCUT2D eigenvalue weighted by molar-refractivity contribution is 0.161. The molecule has 0 fully saturated rings. The molecular weight excluding hydrogens is 90.1 g/mol. The monoisotopic (exact) mass is 104 g/mol. The van der Waals surface area contributed by atoms with Crippen LogP contribution >= 0.6 is 0 Å². The van der Waals surface area contributed by atoms with Gasteiger partial charge in [0.05, 0.1) is 6.10 Å². The molecule has 0 aliphatic heterocycles. The summed E-state index contributed by atoms with van der Waals surface area (Å²) in [4.78, 5) is 0. The van der Waals surface area contributed by atoms with Gasteiger partial charge >= 0.3 is 0 Å². The molecule has 7 heavy (non-hydrogen) atoms. The summed E-state index contributed by atoms with van der Waals surface area (Å²) in [7, 11) is 0. The topological polar surface area (TPSA) is 46.2 Å². The van der Waals surface area contributed by atoms with Crippen molar-refractivity contribution in [2.45, 2.75) is 32.4 Å². The maximum atomic E-state index is 8.83. The molecule has 3 N–H and O–H groups in total. The highest BCUT2D eigenvalue weighted by Crippen LogP contribution is 1.91. The van der Waals surface area contributed by atoms with Crippen molar-refractivity contribution in [2.24, 2.45) is 5.73 Å². The molecule has 0 amide bonds. The Kier molecular flexibility index (Phi) is 2.17. The molecule has 0 heterocycles. The van der Waals surface area contributed by atoms with E-state index in [4.69, 9.17) is 6.52 Å². The summed E-state index contributed by atoms with van der Waals surface area (Å²) in [5.41, 5.74) is 2.25. The second-order valence-corrected chi connectivity index (χ2v) is 1.76. The lowest BCUT2D eigenvalue weighted by Crippen LogP contribution is -2.31. The molecule has 2 nitrogen and oxygen atoms in total. The summed E-state index contributed by atoms with van der Waals surface area (Å²) in [5.74, 6) is 0. The minimum Gasteiger partial charge on any atom is -0.392 e. The van der Waals surface area contributed by atoms with E-state index in [9.17, 15) is 0 Å². The molecule has 0 radical (unpaired) electrons. The zero-order valence-corrected chi connectivity index (χ0v) is 4.81. The van der Waals surface area contributed by atoms with Crippen molar-refractivity contribution in [1.29, 1.82) is 0 Å². The first-order valence-electron chi connectivity index (χ1n) is 3.07. The van der Waals surface area contributed by atoms with Gasteiger partial charge in [-0.3, -0.25) is 0 Å². The third-order valence-corrected chi connectivity index (χ3v) is 1.02. The van der Waals surface area contributed by atoms with Gasteiger partial charge in [-0.25, -0.2) is 0 Å². The van der Waals surface area contributed by atoms with Gasteiger partial charge in [0, 0.05) is 6.04 Å². The predicted octanol–water partition coefficient (Wildman–Crippen LogP) is 0.104. The van der Waals surface area contributed by atoms with Crippen LogP contribution in [0.1, 0.15) is 20.3 Å². The van der Waals surface area contributed by atoms with Crippen LogP contribution in [0.25, 0.3) is 0 Å². The maximum absolute atomic E-state index is 8.83. The van der Waals surface area contributed by atoms with Gasteiger partial charge < -0.3 is 10.8 Å². The van der Waals surface area contributed by atoms with Crippen molar-refractivity contribution in [3.63, 3.8) is 0 Å². The molecule has 0 bridgehead atoms. The second kappa shape index (κ2) is 2.99. The highest BCUT2D eigenvalue weighted by Gasteiger charge is 2.03. The average molecular weight is 104 g/mol. The Balaban J connectivity index is 3.35. The van der Waals surface area contributed by atoms with Crippen LogP contribution in [0, 0.1) is 0 Å². The van der Waals surface area contributed by atoms with Crippen LogP contribution in [-0.2, 0) is 0 Å². The fourth-order valence-corrected chi connectivity index (χ4v) is 0.341. The van der Waals surface area contributed by atoms with Crippen molar-refractivity contribution in [3.05, 3.63) is 0 Å². The highest BCUT2D eigenvalue weighted by molar-refractivity contribution is 4.63. The van der Waals surface area contributed by atoms with E-state index in [2.05, 4.69) is 5.73 Å². The third kappa shape index (κ3) is 2.60. The molecule has 2 atom stereocenters. The molecule has 2 unspecified atom stereocenters. The van der Waals surface area contributed by atoms with E-state index in [-0.39, 0.29) is 6.04 Å². The van der Waals surface area contributed by atoms with Gasteiger partial charge in [0.15, 0.2) is 0 Å². The van der Waals surface area contributed by atoms with Crippen LogP contribution in [0.5, 0.6) is 0 Å². The highest BCUT2D eigenvalue weighted by atomic mass is 16.3. The van der Waals surface area contributed by atoms with E-state index in [1.54, 1.807) is 6.92 Å². The van der Waals surface area contributed by atoms with Crippen LogP contribution < -0.4 is 5.73 Å². The van der Waals surface area contributed by atoms with E-state index in [1.807, 2.05) is 6.92 Å². The molecule has 44 valence electrons. The first kappa shape index (κ1) is 5.06. The third-order valence-electron chi connectivity index (χ3n) is 1.02. The Morgan fingerprint density at radius 2 is 2.57 bits per heavy atom. The van der Waals surface area contributed by atoms with Crippen LogP contribution in [0.4, 0.5) is 0 Å². The Morgan fingerprint density at radius 1 is 2.00 bits per heavy atom. The quantitative estimate of drug-likeness (QED) is 0.533. The van der Waals surface area contributed by atoms with E-state index in [0.717, 1.165) is 6.42 Å². The van der Waals surface area contributed by atoms with Crippen molar-refractivity contribution in [3.8, 4) is 0 Å². The van der Waals surface area contributed by atoms with E-state index >= 15 is 0 Å². The zero-order chi connectivity index (χ0) is 6.57.